The summed E-state index contributed by atoms with van der Waals surface area (Å²) in [7, 11) is -5.68. The molecule has 0 unspecified atom stereocenters. The Morgan fingerprint density at radius 1 is 0.857 bits per heavy atom. The fourth-order valence-electron chi connectivity index (χ4n) is 1.46. The number of para-hydroxylation sites is 2. The molecule has 0 saturated carbocycles. The van der Waals surface area contributed by atoms with Gasteiger partial charge in [-0.25, -0.2) is 0 Å². The Morgan fingerprint density at radius 3 is 1.81 bits per heavy atom. The van der Waals surface area contributed by atoms with Crippen LogP contribution in [-0.2, 0) is 10.0 Å². The van der Waals surface area contributed by atoms with Crippen LogP contribution in [0.4, 0.5) is 18.9 Å². The van der Waals surface area contributed by atoms with Gasteiger partial charge in [-0.05, 0) is 24.3 Å². The zero-order chi connectivity index (χ0) is 15.5. The molecule has 0 aromatic heterocycles. The SMILES string of the molecule is O=S(=O)(N(Oc1ccccc1)c1ccccc1)C(F)(F)F. The van der Waals surface area contributed by atoms with Crippen LogP contribution in [0.5, 0.6) is 5.75 Å². The first-order valence-electron chi connectivity index (χ1n) is 5.72. The zero-order valence-electron chi connectivity index (χ0n) is 10.5. The quantitative estimate of drug-likeness (QED) is 0.813. The highest BCUT2D eigenvalue weighted by molar-refractivity contribution is 7.93. The van der Waals surface area contributed by atoms with Gasteiger partial charge in [0.15, 0.2) is 5.75 Å². The van der Waals surface area contributed by atoms with E-state index < -0.39 is 15.5 Å². The molecule has 0 aliphatic heterocycles. The third-order valence-electron chi connectivity index (χ3n) is 2.41. The number of benzene rings is 2. The highest BCUT2D eigenvalue weighted by Gasteiger charge is 2.52. The third-order valence-corrected chi connectivity index (χ3v) is 3.72. The number of alkyl halides is 3. The zero-order valence-corrected chi connectivity index (χ0v) is 11.3. The lowest BCUT2D eigenvalue weighted by Crippen LogP contribution is -2.43. The lowest BCUT2D eigenvalue weighted by Gasteiger charge is -2.24. The van der Waals surface area contributed by atoms with Gasteiger partial charge in [-0.2, -0.15) is 21.6 Å². The predicted molar refractivity (Wildman–Crippen MR) is 71.0 cm³/mol. The molecule has 21 heavy (non-hydrogen) atoms. The molecule has 0 spiro atoms. The van der Waals surface area contributed by atoms with E-state index in [1.54, 1.807) is 12.1 Å². The average molecular weight is 317 g/mol. The molecule has 2 rings (SSSR count). The van der Waals surface area contributed by atoms with Crippen LogP contribution in [0, 0.1) is 0 Å². The Labute approximate surface area is 119 Å². The Morgan fingerprint density at radius 2 is 1.33 bits per heavy atom. The summed E-state index contributed by atoms with van der Waals surface area (Å²) in [5.74, 6) is -0.0332. The van der Waals surface area contributed by atoms with Gasteiger partial charge in [0.1, 0.15) is 0 Å². The van der Waals surface area contributed by atoms with Gasteiger partial charge >= 0.3 is 15.5 Å². The van der Waals surface area contributed by atoms with Gasteiger partial charge in [-0.3, -0.25) is 0 Å². The monoisotopic (exact) mass is 317 g/mol. The van der Waals surface area contributed by atoms with Crippen LogP contribution in [-0.4, -0.2) is 13.9 Å². The second-order valence-corrected chi connectivity index (χ2v) is 5.66. The molecule has 0 saturated heterocycles. The summed E-state index contributed by atoms with van der Waals surface area (Å²) in [5.41, 5.74) is -5.73. The van der Waals surface area contributed by atoms with Crippen molar-refractivity contribution in [3.8, 4) is 5.75 Å². The number of nitrogens with zero attached hydrogens (tertiary/aromatic N) is 1. The van der Waals surface area contributed by atoms with Gasteiger partial charge in [0.25, 0.3) is 0 Å². The molecule has 0 heterocycles. The molecule has 2 aromatic rings. The molecule has 0 fully saturated rings. The van der Waals surface area contributed by atoms with Crippen molar-refractivity contribution in [2.45, 2.75) is 5.51 Å². The standard InChI is InChI=1S/C13H10F3NO3S/c14-13(15,16)21(18,19)17(11-7-3-1-4-8-11)20-12-9-5-2-6-10-12/h1-10H. The molecule has 0 atom stereocenters. The molecule has 0 aliphatic rings. The van der Waals surface area contributed by atoms with Crippen molar-refractivity contribution in [3.05, 3.63) is 60.7 Å². The number of anilines is 1. The molecule has 0 amide bonds. The molecule has 112 valence electrons. The summed E-state index contributed by atoms with van der Waals surface area (Å²) in [6, 6.07) is 14.1. The Bertz CT molecular complexity index is 688. The highest BCUT2D eigenvalue weighted by Crippen LogP contribution is 2.31. The van der Waals surface area contributed by atoms with Crippen molar-refractivity contribution in [3.63, 3.8) is 0 Å². The van der Waals surface area contributed by atoms with Crippen LogP contribution >= 0.6 is 0 Å². The fraction of sp³-hybridized carbons (Fsp3) is 0.0769. The first-order chi connectivity index (χ1) is 9.82. The number of sulfonamides is 1. The minimum Gasteiger partial charge on any atom is -0.364 e. The maximum atomic E-state index is 12.8. The van der Waals surface area contributed by atoms with E-state index in [0.717, 1.165) is 0 Å². The van der Waals surface area contributed by atoms with Crippen molar-refractivity contribution in [2.24, 2.45) is 0 Å². The van der Waals surface area contributed by atoms with E-state index >= 15 is 0 Å². The molecule has 0 N–H and O–H groups in total. The second kappa shape index (κ2) is 5.65. The highest BCUT2D eigenvalue weighted by atomic mass is 32.2. The average Bonchev–Trinajstić information content (AvgIpc) is 2.45. The van der Waals surface area contributed by atoms with E-state index in [2.05, 4.69) is 0 Å². The van der Waals surface area contributed by atoms with E-state index in [-0.39, 0.29) is 15.9 Å². The lowest BCUT2D eigenvalue weighted by atomic mass is 10.3. The van der Waals surface area contributed by atoms with Crippen LogP contribution in [0.15, 0.2) is 60.7 Å². The Balaban J connectivity index is 2.46. The van der Waals surface area contributed by atoms with Crippen molar-refractivity contribution in [1.82, 2.24) is 0 Å². The van der Waals surface area contributed by atoms with Crippen molar-refractivity contribution >= 4 is 15.7 Å². The summed E-state index contributed by atoms with van der Waals surface area (Å²) in [6.07, 6.45) is 0. The van der Waals surface area contributed by atoms with Gasteiger partial charge in [-0.15, -0.1) is 0 Å². The molecule has 8 heteroatoms. The molecular formula is C13H10F3NO3S. The molecule has 0 bridgehead atoms. The van der Waals surface area contributed by atoms with Crippen molar-refractivity contribution < 1.29 is 26.4 Å². The lowest BCUT2D eigenvalue weighted by molar-refractivity contribution is -0.0456. The van der Waals surface area contributed by atoms with E-state index in [1.807, 2.05) is 0 Å². The molecule has 0 aliphatic carbocycles. The maximum Gasteiger partial charge on any atom is 0.519 e. The van der Waals surface area contributed by atoms with Gasteiger partial charge in [-0.1, -0.05) is 40.9 Å². The summed E-state index contributed by atoms with van der Waals surface area (Å²) < 4.78 is 61.4. The van der Waals surface area contributed by atoms with Gasteiger partial charge in [0, 0.05) is 0 Å². The second-order valence-electron chi connectivity index (χ2n) is 3.92. The molecule has 2 aromatic carbocycles. The number of hydrogen-bond acceptors (Lipinski definition) is 3. The minimum absolute atomic E-state index is 0.0332. The normalized spacial score (nSPS) is 12.0. The van der Waals surface area contributed by atoms with Crippen molar-refractivity contribution in [2.75, 3.05) is 4.47 Å². The van der Waals surface area contributed by atoms with E-state index in [9.17, 15) is 21.6 Å². The predicted octanol–water partition coefficient (Wildman–Crippen LogP) is 3.34. The smallest absolute Gasteiger partial charge is 0.364 e. The summed E-state index contributed by atoms with van der Waals surface area (Å²) in [5, 5.41) is 0. The summed E-state index contributed by atoms with van der Waals surface area (Å²) in [6.45, 7) is 0. The summed E-state index contributed by atoms with van der Waals surface area (Å²) >= 11 is 0. The van der Waals surface area contributed by atoms with E-state index in [1.165, 1.54) is 48.5 Å². The largest absolute Gasteiger partial charge is 0.519 e. The van der Waals surface area contributed by atoms with Crippen LogP contribution in [0.2, 0.25) is 0 Å². The van der Waals surface area contributed by atoms with Crippen LogP contribution in [0.25, 0.3) is 0 Å². The van der Waals surface area contributed by atoms with Crippen molar-refractivity contribution in [1.29, 1.82) is 0 Å². The van der Waals surface area contributed by atoms with Gasteiger partial charge in [0.05, 0.1) is 5.69 Å². The number of halogens is 3. The van der Waals surface area contributed by atoms with Gasteiger partial charge < -0.3 is 4.84 Å². The number of hydrogen-bond donors (Lipinski definition) is 0. The van der Waals surface area contributed by atoms with E-state index in [4.69, 9.17) is 4.84 Å². The minimum atomic E-state index is -5.68. The maximum absolute atomic E-state index is 12.8. The fourth-order valence-corrected chi connectivity index (χ4v) is 2.23. The Hall–Kier alpha value is -2.22. The van der Waals surface area contributed by atoms with Crippen LogP contribution in [0.1, 0.15) is 0 Å². The topological polar surface area (TPSA) is 46.6 Å². The molecular weight excluding hydrogens is 307 g/mol. The first-order valence-corrected chi connectivity index (χ1v) is 7.16. The van der Waals surface area contributed by atoms with E-state index in [0.29, 0.717) is 0 Å². The van der Waals surface area contributed by atoms with Crippen LogP contribution < -0.4 is 9.31 Å². The molecule has 4 nitrogen and oxygen atoms in total. The number of rotatable bonds is 4. The first kappa shape index (κ1) is 15.2. The molecule has 0 radical (unpaired) electrons. The third kappa shape index (κ3) is 3.27. The van der Waals surface area contributed by atoms with Crippen LogP contribution in [0.3, 0.4) is 0 Å². The Kier molecular flexibility index (Phi) is 4.08. The summed E-state index contributed by atoms with van der Waals surface area (Å²) in [4.78, 5) is 4.92. The van der Waals surface area contributed by atoms with Gasteiger partial charge in [0.2, 0.25) is 0 Å².